The van der Waals surface area contributed by atoms with Crippen LogP contribution >= 0.6 is 0 Å². The van der Waals surface area contributed by atoms with Crippen molar-refractivity contribution in [2.75, 3.05) is 25.0 Å². The summed E-state index contributed by atoms with van der Waals surface area (Å²) in [5.41, 5.74) is -0.0905. The number of nitrogens with one attached hydrogen (secondary N) is 1. The van der Waals surface area contributed by atoms with Crippen LogP contribution in [0.5, 0.6) is 0 Å². The maximum atomic E-state index is 13.6. The first-order valence-corrected chi connectivity index (χ1v) is 8.19. The van der Waals surface area contributed by atoms with E-state index in [2.05, 4.69) is 25.3 Å². The summed E-state index contributed by atoms with van der Waals surface area (Å²) in [5, 5.41) is 7.16. The first-order valence-electron chi connectivity index (χ1n) is 8.19. The van der Waals surface area contributed by atoms with E-state index >= 15 is 0 Å². The van der Waals surface area contributed by atoms with Gasteiger partial charge in [-0.15, -0.1) is 0 Å². The third-order valence-electron chi connectivity index (χ3n) is 4.31. The topological polar surface area (TPSA) is 75.9 Å². The highest BCUT2D eigenvalue weighted by Gasteiger charge is 2.22. The van der Waals surface area contributed by atoms with Crippen molar-refractivity contribution in [1.29, 1.82) is 0 Å². The molecule has 0 aliphatic carbocycles. The second kappa shape index (κ2) is 7.96. The Kier molecular flexibility index (Phi) is 5.47. The zero-order valence-electron chi connectivity index (χ0n) is 13.4. The Balaban J connectivity index is 1.58. The van der Waals surface area contributed by atoms with Crippen LogP contribution in [0.1, 0.15) is 19.3 Å². The van der Waals surface area contributed by atoms with Gasteiger partial charge in [0.05, 0.1) is 12.7 Å². The minimum atomic E-state index is -0.445. The molecule has 0 amide bonds. The van der Waals surface area contributed by atoms with Crippen molar-refractivity contribution in [2.24, 2.45) is 0 Å². The van der Waals surface area contributed by atoms with Gasteiger partial charge >= 0.3 is 0 Å². The fourth-order valence-electron chi connectivity index (χ4n) is 3.02. The third-order valence-corrected chi connectivity index (χ3v) is 4.31. The van der Waals surface area contributed by atoms with Gasteiger partial charge in [-0.05, 0) is 25.5 Å². The Labute approximate surface area is 139 Å². The molecule has 1 aliphatic rings. The maximum Gasteiger partial charge on any atom is 0.266 e. The smallest absolute Gasteiger partial charge is 0.266 e. The molecule has 0 spiro atoms. The van der Waals surface area contributed by atoms with Gasteiger partial charge in [-0.2, -0.15) is 5.10 Å². The molecule has 0 aromatic carbocycles. The third kappa shape index (κ3) is 4.14. The Morgan fingerprint density at radius 2 is 2.25 bits per heavy atom. The second-order valence-corrected chi connectivity index (χ2v) is 5.87. The minimum Gasteiger partial charge on any atom is -0.366 e. The summed E-state index contributed by atoms with van der Waals surface area (Å²) in [6, 6.07) is 3.44. The molecule has 1 saturated heterocycles. The Bertz CT molecular complexity index is 721. The number of rotatable bonds is 6. The molecule has 1 N–H and O–H groups in total. The molecule has 2 aromatic rings. The van der Waals surface area contributed by atoms with Crippen LogP contribution in [0.25, 0.3) is 0 Å². The average molecular weight is 332 g/mol. The summed E-state index contributed by atoms with van der Waals surface area (Å²) in [6.07, 6.45) is 7.43. The normalized spacial score (nSPS) is 18.5. The van der Waals surface area contributed by atoms with E-state index in [4.69, 9.17) is 0 Å². The van der Waals surface area contributed by atoms with Gasteiger partial charge in [0.2, 0.25) is 0 Å². The van der Waals surface area contributed by atoms with Gasteiger partial charge in [0.25, 0.3) is 5.56 Å². The SMILES string of the molecule is O=c1cccnn1CCN1CCCCC1CNc1ncncc1F. The summed E-state index contributed by atoms with van der Waals surface area (Å²) in [6.45, 7) is 2.89. The molecular formula is C16H21FN6O. The molecular weight excluding hydrogens is 311 g/mol. The monoisotopic (exact) mass is 332 g/mol. The Hall–Kier alpha value is -2.35. The molecule has 1 fully saturated rings. The number of nitrogens with zero attached hydrogens (tertiary/aromatic N) is 5. The van der Waals surface area contributed by atoms with Gasteiger partial charge in [-0.25, -0.2) is 19.0 Å². The van der Waals surface area contributed by atoms with Crippen molar-refractivity contribution >= 4 is 5.82 Å². The summed E-state index contributed by atoms with van der Waals surface area (Å²) in [5.74, 6) is -0.212. The van der Waals surface area contributed by atoms with Crippen molar-refractivity contribution in [3.05, 3.63) is 47.0 Å². The van der Waals surface area contributed by atoms with Crippen molar-refractivity contribution < 1.29 is 4.39 Å². The highest BCUT2D eigenvalue weighted by atomic mass is 19.1. The molecule has 0 bridgehead atoms. The number of hydrogen-bond acceptors (Lipinski definition) is 6. The molecule has 1 unspecified atom stereocenters. The maximum absolute atomic E-state index is 13.6. The standard InChI is InChI=1S/C16H21FN6O/c17-14-11-18-12-20-16(14)19-10-13-4-1-2-7-22(13)8-9-23-15(24)5-3-6-21-23/h3,5-6,11-13H,1-2,4,7-10H2,(H,18,19,20). The van der Waals surface area contributed by atoms with Gasteiger partial charge in [0.1, 0.15) is 6.33 Å². The number of hydrogen-bond donors (Lipinski definition) is 1. The highest BCUT2D eigenvalue weighted by Crippen LogP contribution is 2.18. The van der Waals surface area contributed by atoms with Crippen LogP contribution in [0.4, 0.5) is 10.2 Å². The average Bonchev–Trinajstić information content (AvgIpc) is 2.61. The van der Waals surface area contributed by atoms with Gasteiger partial charge in [-0.1, -0.05) is 6.42 Å². The van der Waals surface area contributed by atoms with Crippen LogP contribution in [-0.2, 0) is 6.54 Å². The quantitative estimate of drug-likeness (QED) is 0.855. The van der Waals surface area contributed by atoms with Crippen molar-refractivity contribution in [2.45, 2.75) is 31.8 Å². The second-order valence-electron chi connectivity index (χ2n) is 5.87. The van der Waals surface area contributed by atoms with Crippen LogP contribution in [0, 0.1) is 5.82 Å². The molecule has 7 nitrogen and oxygen atoms in total. The molecule has 0 saturated carbocycles. The Morgan fingerprint density at radius 3 is 3.08 bits per heavy atom. The number of piperidine rings is 1. The van der Waals surface area contributed by atoms with Crippen LogP contribution in [-0.4, -0.2) is 50.3 Å². The van der Waals surface area contributed by atoms with E-state index < -0.39 is 5.82 Å². The van der Waals surface area contributed by atoms with Crippen molar-refractivity contribution in [1.82, 2.24) is 24.6 Å². The molecule has 3 rings (SSSR count). The van der Waals surface area contributed by atoms with Crippen LogP contribution in [0.2, 0.25) is 0 Å². The molecule has 24 heavy (non-hydrogen) atoms. The molecule has 1 aliphatic heterocycles. The minimum absolute atomic E-state index is 0.0905. The summed E-state index contributed by atoms with van der Waals surface area (Å²) in [4.78, 5) is 21.6. The summed E-state index contributed by atoms with van der Waals surface area (Å²) in [7, 11) is 0. The summed E-state index contributed by atoms with van der Waals surface area (Å²) >= 11 is 0. The van der Waals surface area contributed by atoms with Crippen LogP contribution in [0.15, 0.2) is 35.6 Å². The molecule has 3 heterocycles. The molecule has 2 aromatic heterocycles. The number of aromatic nitrogens is 4. The number of anilines is 1. The molecule has 0 radical (unpaired) electrons. The lowest BCUT2D eigenvalue weighted by atomic mass is 10.0. The predicted octanol–water partition coefficient (Wildman–Crippen LogP) is 1.14. The molecule has 128 valence electrons. The van der Waals surface area contributed by atoms with Gasteiger partial charge in [-0.3, -0.25) is 9.69 Å². The van der Waals surface area contributed by atoms with Crippen molar-refractivity contribution in [3.8, 4) is 0 Å². The first-order chi connectivity index (χ1) is 11.7. The predicted molar refractivity (Wildman–Crippen MR) is 88.2 cm³/mol. The lowest BCUT2D eigenvalue weighted by Crippen LogP contribution is -2.45. The van der Waals surface area contributed by atoms with E-state index in [0.29, 0.717) is 13.1 Å². The highest BCUT2D eigenvalue weighted by molar-refractivity contribution is 5.33. The van der Waals surface area contributed by atoms with Gasteiger partial charge in [0.15, 0.2) is 11.6 Å². The van der Waals surface area contributed by atoms with E-state index in [-0.39, 0.29) is 17.4 Å². The Morgan fingerprint density at radius 1 is 1.33 bits per heavy atom. The largest absolute Gasteiger partial charge is 0.366 e. The van der Waals surface area contributed by atoms with Crippen LogP contribution in [0.3, 0.4) is 0 Å². The molecule has 8 heteroatoms. The van der Waals surface area contributed by atoms with Crippen LogP contribution < -0.4 is 10.9 Å². The van der Waals surface area contributed by atoms with E-state index in [9.17, 15) is 9.18 Å². The molecule has 1 atom stereocenters. The lowest BCUT2D eigenvalue weighted by molar-refractivity contribution is 0.148. The van der Waals surface area contributed by atoms with E-state index in [1.807, 2.05) is 0 Å². The summed E-state index contributed by atoms with van der Waals surface area (Å²) < 4.78 is 15.1. The van der Waals surface area contributed by atoms with E-state index in [1.165, 1.54) is 17.1 Å². The fourth-order valence-corrected chi connectivity index (χ4v) is 3.02. The van der Waals surface area contributed by atoms with Gasteiger partial charge < -0.3 is 5.32 Å². The van der Waals surface area contributed by atoms with Crippen molar-refractivity contribution in [3.63, 3.8) is 0 Å². The zero-order valence-corrected chi connectivity index (χ0v) is 13.4. The van der Waals surface area contributed by atoms with E-state index in [1.54, 1.807) is 12.3 Å². The van der Waals surface area contributed by atoms with E-state index in [0.717, 1.165) is 38.5 Å². The first kappa shape index (κ1) is 16.5. The zero-order chi connectivity index (χ0) is 16.8. The lowest BCUT2D eigenvalue weighted by Gasteiger charge is -2.35. The number of likely N-dealkylation sites (tertiary alicyclic amines) is 1. The fraction of sp³-hybridized carbons (Fsp3) is 0.500. The van der Waals surface area contributed by atoms with Gasteiger partial charge in [0, 0.05) is 31.4 Å². The number of halogens is 1.